The Morgan fingerprint density at radius 3 is 2.32 bits per heavy atom. The number of hydrogen-bond donors (Lipinski definition) is 1. The summed E-state index contributed by atoms with van der Waals surface area (Å²) in [7, 11) is 0. The molecule has 0 spiro atoms. The zero-order chi connectivity index (χ0) is 16.3. The molecule has 0 radical (unpaired) electrons. The summed E-state index contributed by atoms with van der Waals surface area (Å²) >= 11 is 1.55. The highest BCUT2D eigenvalue weighted by molar-refractivity contribution is 7.12. The number of nitrogens with zero attached hydrogens (tertiary/aromatic N) is 3. The van der Waals surface area contributed by atoms with Gasteiger partial charge in [-0.2, -0.15) is 0 Å². The first-order valence-electron chi connectivity index (χ1n) is 7.31. The Kier molecular flexibility index (Phi) is 4.95. The van der Waals surface area contributed by atoms with Gasteiger partial charge in [-0.3, -0.25) is 0 Å². The van der Waals surface area contributed by atoms with E-state index in [-0.39, 0.29) is 6.09 Å². The molecule has 6 nitrogen and oxygen atoms in total. The topological polar surface area (TPSA) is 65.4 Å². The molecule has 2 heterocycles. The molecule has 2 rings (SSSR count). The second kappa shape index (κ2) is 6.56. The van der Waals surface area contributed by atoms with E-state index in [1.54, 1.807) is 16.2 Å². The van der Waals surface area contributed by atoms with E-state index < -0.39 is 5.60 Å². The second-order valence-corrected chi connectivity index (χ2v) is 7.23. The molecule has 0 bridgehead atoms. The summed E-state index contributed by atoms with van der Waals surface area (Å²) in [6, 6.07) is 2.00. The van der Waals surface area contributed by atoms with Gasteiger partial charge in [0, 0.05) is 26.2 Å². The van der Waals surface area contributed by atoms with E-state index in [1.807, 2.05) is 44.0 Å². The largest absolute Gasteiger partial charge is 0.444 e. The van der Waals surface area contributed by atoms with Crippen molar-refractivity contribution in [1.29, 1.82) is 0 Å². The van der Waals surface area contributed by atoms with Crippen LogP contribution in [0, 0.1) is 6.92 Å². The summed E-state index contributed by atoms with van der Waals surface area (Å²) in [5.41, 5.74) is 0.604. The number of carbonyl (C=O) groups is 1. The Labute approximate surface area is 135 Å². The summed E-state index contributed by atoms with van der Waals surface area (Å²) in [5.74, 6) is 0.580. The molecule has 0 aromatic carbocycles. The van der Waals surface area contributed by atoms with Crippen LogP contribution in [0.15, 0.2) is 16.6 Å². The number of amidine groups is 1. The van der Waals surface area contributed by atoms with E-state index in [0.717, 1.165) is 10.4 Å². The molecule has 1 amide bonds. The lowest BCUT2D eigenvalue weighted by atomic mass is 10.2. The third-order valence-corrected chi connectivity index (χ3v) is 4.40. The van der Waals surface area contributed by atoms with E-state index in [4.69, 9.17) is 4.74 Å². The Morgan fingerprint density at radius 2 is 1.86 bits per heavy atom. The molecule has 0 aliphatic carbocycles. The summed E-state index contributed by atoms with van der Waals surface area (Å²) in [5, 5.41) is 14.8. The van der Waals surface area contributed by atoms with Crippen molar-refractivity contribution < 1.29 is 14.7 Å². The fourth-order valence-corrected chi connectivity index (χ4v) is 3.22. The van der Waals surface area contributed by atoms with Crippen molar-refractivity contribution in [3.05, 3.63) is 21.9 Å². The monoisotopic (exact) mass is 325 g/mol. The molecule has 1 aliphatic heterocycles. The normalized spacial score (nSPS) is 16.8. The van der Waals surface area contributed by atoms with Crippen molar-refractivity contribution in [2.45, 2.75) is 33.3 Å². The number of amides is 1. The highest BCUT2D eigenvalue weighted by atomic mass is 32.1. The van der Waals surface area contributed by atoms with Crippen LogP contribution < -0.4 is 0 Å². The van der Waals surface area contributed by atoms with Crippen molar-refractivity contribution in [2.24, 2.45) is 5.16 Å². The lowest BCUT2D eigenvalue weighted by molar-refractivity contribution is 0.0186. The summed E-state index contributed by atoms with van der Waals surface area (Å²) < 4.78 is 5.38. The fraction of sp³-hybridized carbons (Fsp3) is 0.600. The first kappa shape index (κ1) is 16.6. The van der Waals surface area contributed by atoms with Crippen molar-refractivity contribution >= 4 is 23.3 Å². The molecule has 0 atom stereocenters. The third kappa shape index (κ3) is 3.91. The van der Waals surface area contributed by atoms with Crippen LogP contribution in [-0.4, -0.2) is 58.7 Å². The lowest BCUT2D eigenvalue weighted by Gasteiger charge is -2.36. The first-order chi connectivity index (χ1) is 10.3. The van der Waals surface area contributed by atoms with E-state index >= 15 is 0 Å². The molecule has 1 aliphatic rings. The maximum Gasteiger partial charge on any atom is 0.410 e. The van der Waals surface area contributed by atoms with Gasteiger partial charge in [0.15, 0.2) is 5.84 Å². The van der Waals surface area contributed by atoms with Crippen LogP contribution in [0.4, 0.5) is 4.79 Å². The Hall–Kier alpha value is -1.76. The number of hydrogen-bond acceptors (Lipinski definition) is 5. The fourth-order valence-electron chi connectivity index (χ4n) is 2.28. The predicted molar refractivity (Wildman–Crippen MR) is 86.8 cm³/mol. The standard InChI is InChI=1S/C15H23N3O3S/c1-11-5-10-22-12(11)13(16-20)17-6-8-18(9-7-17)14(19)21-15(2,3)4/h5,10,20H,6-9H2,1-4H3/b16-13-. The average molecular weight is 325 g/mol. The zero-order valence-electron chi connectivity index (χ0n) is 13.5. The van der Waals surface area contributed by atoms with Crippen LogP contribution in [0.3, 0.4) is 0 Å². The van der Waals surface area contributed by atoms with Gasteiger partial charge in [0.1, 0.15) is 5.60 Å². The first-order valence-corrected chi connectivity index (χ1v) is 8.19. The van der Waals surface area contributed by atoms with E-state index in [9.17, 15) is 10.0 Å². The Bertz CT molecular complexity index is 555. The van der Waals surface area contributed by atoms with Gasteiger partial charge >= 0.3 is 6.09 Å². The van der Waals surface area contributed by atoms with Crippen molar-refractivity contribution in [3.8, 4) is 0 Å². The van der Waals surface area contributed by atoms with Crippen molar-refractivity contribution in [2.75, 3.05) is 26.2 Å². The minimum atomic E-state index is -0.486. The second-order valence-electron chi connectivity index (χ2n) is 6.31. The van der Waals surface area contributed by atoms with E-state index in [1.165, 1.54) is 0 Å². The van der Waals surface area contributed by atoms with E-state index in [0.29, 0.717) is 32.0 Å². The predicted octanol–water partition coefficient (Wildman–Crippen LogP) is 2.75. The molecule has 1 fully saturated rings. The van der Waals surface area contributed by atoms with Crippen LogP contribution in [0.2, 0.25) is 0 Å². The van der Waals surface area contributed by atoms with Crippen LogP contribution in [-0.2, 0) is 4.74 Å². The minimum absolute atomic E-state index is 0.290. The van der Waals surface area contributed by atoms with Gasteiger partial charge in [0.2, 0.25) is 0 Å². The number of aryl methyl sites for hydroxylation is 1. The van der Waals surface area contributed by atoms with Gasteiger partial charge in [0.25, 0.3) is 0 Å². The van der Waals surface area contributed by atoms with Crippen LogP contribution in [0.1, 0.15) is 31.2 Å². The summed E-state index contributed by atoms with van der Waals surface area (Å²) in [6.07, 6.45) is -0.290. The van der Waals surface area contributed by atoms with Crippen molar-refractivity contribution in [3.63, 3.8) is 0 Å². The number of thiophene rings is 1. The molecule has 0 unspecified atom stereocenters. The highest BCUT2D eigenvalue weighted by Crippen LogP contribution is 2.20. The number of rotatable bonds is 1. The molecule has 0 saturated carbocycles. The number of carbonyl (C=O) groups excluding carboxylic acids is 1. The smallest absolute Gasteiger partial charge is 0.410 e. The van der Waals surface area contributed by atoms with E-state index in [2.05, 4.69) is 5.16 Å². The minimum Gasteiger partial charge on any atom is -0.444 e. The number of ether oxygens (including phenoxy) is 1. The summed E-state index contributed by atoms with van der Waals surface area (Å²) in [6.45, 7) is 9.92. The molecule has 1 N–H and O–H groups in total. The van der Waals surface area contributed by atoms with Gasteiger partial charge < -0.3 is 19.7 Å². The molecule has 1 saturated heterocycles. The van der Waals surface area contributed by atoms with Crippen molar-refractivity contribution in [1.82, 2.24) is 9.80 Å². The zero-order valence-corrected chi connectivity index (χ0v) is 14.3. The molecule has 1 aromatic heterocycles. The molecular formula is C15H23N3O3S. The molecular weight excluding hydrogens is 302 g/mol. The highest BCUT2D eigenvalue weighted by Gasteiger charge is 2.28. The van der Waals surface area contributed by atoms with Gasteiger partial charge in [-0.25, -0.2) is 4.79 Å². The molecule has 7 heteroatoms. The maximum atomic E-state index is 12.1. The third-order valence-electron chi connectivity index (χ3n) is 3.39. The van der Waals surface area contributed by atoms with Crippen LogP contribution in [0.25, 0.3) is 0 Å². The van der Waals surface area contributed by atoms with Gasteiger partial charge in [-0.1, -0.05) is 5.16 Å². The summed E-state index contributed by atoms with van der Waals surface area (Å²) in [4.78, 5) is 16.7. The number of oxime groups is 1. The molecule has 22 heavy (non-hydrogen) atoms. The average Bonchev–Trinajstić information content (AvgIpc) is 2.85. The van der Waals surface area contributed by atoms with Crippen LogP contribution in [0.5, 0.6) is 0 Å². The quantitative estimate of drug-likeness (QED) is 0.373. The Morgan fingerprint density at radius 1 is 1.27 bits per heavy atom. The lowest BCUT2D eigenvalue weighted by Crippen LogP contribution is -2.51. The van der Waals surface area contributed by atoms with Gasteiger partial charge in [0.05, 0.1) is 4.88 Å². The SMILES string of the molecule is Cc1ccsc1/C(=N/O)N1CCN(C(=O)OC(C)(C)C)CC1. The maximum absolute atomic E-state index is 12.1. The molecule has 122 valence electrons. The molecule has 1 aromatic rings. The Balaban J connectivity index is 1.97. The van der Waals surface area contributed by atoms with Gasteiger partial charge in [-0.05, 0) is 44.7 Å². The number of piperazine rings is 1. The van der Waals surface area contributed by atoms with Gasteiger partial charge in [-0.15, -0.1) is 11.3 Å². The van der Waals surface area contributed by atoms with Crippen LogP contribution >= 0.6 is 11.3 Å².